The van der Waals surface area contributed by atoms with Gasteiger partial charge in [0.15, 0.2) is 0 Å². The molecule has 16 heavy (non-hydrogen) atoms. The van der Waals surface area contributed by atoms with Gasteiger partial charge in [-0.25, -0.2) is 0 Å². The minimum Gasteiger partial charge on any atom is -0.307 e. The van der Waals surface area contributed by atoms with Gasteiger partial charge in [-0.3, -0.25) is 4.79 Å². The summed E-state index contributed by atoms with van der Waals surface area (Å²) in [6.45, 7) is 2.41. The molecule has 0 spiro atoms. The van der Waals surface area contributed by atoms with Crippen molar-refractivity contribution in [1.82, 2.24) is 4.57 Å². The van der Waals surface area contributed by atoms with E-state index in [0.29, 0.717) is 6.54 Å². The molecule has 0 amide bonds. The molecule has 80 valence electrons. The number of hydrogen-bond acceptors (Lipinski definition) is 3. The van der Waals surface area contributed by atoms with E-state index in [1.807, 2.05) is 30.5 Å². The maximum Gasteiger partial charge on any atom is 0.268 e. The first-order valence-electron chi connectivity index (χ1n) is 4.85. The molecule has 0 aliphatic carbocycles. The van der Waals surface area contributed by atoms with E-state index < -0.39 is 0 Å². The van der Waals surface area contributed by atoms with Crippen molar-refractivity contribution >= 4 is 11.3 Å². The van der Waals surface area contributed by atoms with Crippen molar-refractivity contribution in [2.45, 2.75) is 13.5 Å². The Balaban J connectivity index is 2.49. The Hall–Kier alpha value is -1.86. The van der Waals surface area contributed by atoms with Crippen LogP contribution in [0, 0.1) is 18.3 Å². The summed E-state index contributed by atoms with van der Waals surface area (Å²) in [7, 11) is 0. The second-order valence-electron chi connectivity index (χ2n) is 3.47. The Kier molecular flexibility index (Phi) is 2.88. The molecule has 3 nitrogen and oxygen atoms in total. The van der Waals surface area contributed by atoms with Gasteiger partial charge in [0.1, 0.15) is 11.6 Å². The van der Waals surface area contributed by atoms with E-state index in [4.69, 9.17) is 5.26 Å². The van der Waals surface area contributed by atoms with Gasteiger partial charge in [0.05, 0.1) is 6.54 Å². The lowest BCUT2D eigenvalue weighted by Gasteiger charge is -2.08. The summed E-state index contributed by atoms with van der Waals surface area (Å²) >= 11 is 1.61. The molecule has 0 unspecified atom stereocenters. The smallest absolute Gasteiger partial charge is 0.268 e. The number of aryl methyl sites for hydroxylation is 1. The maximum atomic E-state index is 11.9. The molecular formula is C12H10N2OS. The molecule has 0 saturated heterocycles. The summed E-state index contributed by atoms with van der Waals surface area (Å²) in [4.78, 5) is 13.0. The number of nitriles is 1. The van der Waals surface area contributed by atoms with Crippen molar-refractivity contribution in [2.24, 2.45) is 0 Å². The molecule has 0 N–H and O–H groups in total. The van der Waals surface area contributed by atoms with E-state index in [1.165, 1.54) is 0 Å². The zero-order chi connectivity index (χ0) is 11.5. The van der Waals surface area contributed by atoms with Crippen LogP contribution in [0.3, 0.4) is 0 Å². The molecule has 0 atom stereocenters. The highest BCUT2D eigenvalue weighted by Crippen LogP contribution is 2.10. The summed E-state index contributed by atoms with van der Waals surface area (Å²) in [5.41, 5.74) is 0.857. The Morgan fingerprint density at radius 1 is 1.44 bits per heavy atom. The quantitative estimate of drug-likeness (QED) is 0.793. The lowest BCUT2D eigenvalue weighted by atomic mass is 10.2. The average Bonchev–Trinajstić information content (AvgIpc) is 2.77. The van der Waals surface area contributed by atoms with Gasteiger partial charge in [-0.05, 0) is 30.5 Å². The zero-order valence-electron chi connectivity index (χ0n) is 8.80. The number of hydrogen-bond donors (Lipinski definition) is 0. The van der Waals surface area contributed by atoms with Crippen LogP contribution in [-0.4, -0.2) is 4.57 Å². The van der Waals surface area contributed by atoms with Gasteiger partial charge in [-0.1, -0.05) is 6.07 Å². The summed E-state index contributed by atoms with van der Waals surface area (Å²) < 4.78 is 1.63. The first-order chi connectivity index (χ1) is 7.72. The molecular weight excluding hydrogens is 220 g/mol. The van der Waals surface area contributed by atoms with Crippen LogP contribution in [0.2, 0.25) is 0 Å². The Bertz CT molecular complexity index is 590. The van der Waals surface area contributed by atoms with Crippen molar-refractivity contribution in [1.29, 1.82) is 5.26 Å². The average molecular weight is 230 g/mol. The molecule has 2 heterocycles. The molecule has 0 bridgehead atoms. The second kappa shape index (κ2) is 4.33. The topological polar surface area (TPSA) is 45.8 Å². The van der Waals surface area contributed by atoms with Gasteiger partial charge < -0.3 is 4.57 Å². The van der Waals surface area contributed by atoms with Crippen LogP contribution in [0.15, 0.2) is 34.4 Å². The minimum absolute atomic E-state index is 0.196. The number of aromatic nitrogens is 1. The number of rotatable bonds is 2. The highest BCUT2D eigenvalue weighted by molar-refractivity contribution is 7.09. The summed E-state index contributed by atoms with van der Waals surface area (Å²) in [5, 5.41) is 10.8. The van der Waals surface area contributed by atoms with Crippen molar-refractivity contribution in [3.05, 3.63) is 56.1 Å². The number of thiophene rings is 1. The fourth-order valence-corrected chi connectivity index (χ4v) is 2.20. The van der Waals surface area contributed by atoms with Crippen molar-refractivity contribution in [3.63, 3.8) is 0 Å². The number of pyridine rings is 1. The van der Waals surface area contributed by atoms with Gasteiger partial charge in [-0.2, -0.15) is 5.26 Å². The standard InChI is InChI=1S/C12H10N2OS/c1-9-4-5-10(7-13)12(15)14(9)8-11-3-2-6-16-11/h2-6H,8H2,1H3. The van der Waals surface area contributed by atoms with Crippen LogP contribution < -0.4 is 5.56 Å². The molecule has 0 saturated carbocycles. The van der Waals surface area contributed by atoms with E-state index in [-0.39, 0.29) is 11.1 Å². The summed E-state index contributed by atoms with van der Waals surface area (Å²) in [6, 6.07) is 9.22. The van der Waals surface area contributed by atoms with Gasteiger partial charge in [0.25, 0.3) is 5.56 Å². The van der Waals surface area contributed by atoms with Gasteiger partial charge in [0, 0.05) is 10.6 Å². The van der Waals surface area contributed by atoms with Crippen LogP contribution in [-0.2, 0) is 6.54 Å². The molecule has 2 aromatic rings. The molecule has 4 heteroatoms. The van der Waals surface area contributed by atoms with Crippen LogP contribution in [0.5, 0.6) is 0 Å². The van der Waals surface area contributed by atoms with Gasteiger partial charge >= 0.3 is 0 Å². The molecule has 0 fully saturated rings. The first kappa shape index (κ1) is 10.7. The normalized spacial score (nSPS) is 10.0. The third-order valence-corrected chi connectivity index (χ3v) is 3.27. The SMILES string of the molecule is Cc1ccc(C#N)c(=O)n1Cc1cccs1. The zero-order valence-corrected chi connectivity index (χ0v) is 9.62. The monoisotopic (exact) mass is 230 g/mol. The molecule has 0 radical (unpaired) electrons. The van der Waals surface area contributed by atoms with E-state index in [0.717, 1.165) is 10.6 Å². The highest BCUT2D eigenvalue weighted by Gasteiger charge is 2.06. The third kappa shape index (κ3) is 1.90. The largest absolute Gasteiger partial charge is 0.307 e. The second-order valence-corrected chi connectivity index (χ2v) is 4.50. The lowest BCUT2D eigenvalue weighted by Crippen LogP contribution is -2.24. The van der Waals surface area contributed by atoms with E-state index >= 15 is 0 Å². The highest BCUT2D eigenvalue weighted by atomic mass is 32.1. The fraction of sp³-hybridized carbons (Fsp3) is 0.167. The Morgan fingerprint density at radius 2 is 2.25 bits per heavy atom. The molecule has 2 rings (SSSR count). The Labute approximate surface area is 97.2 Å². The predicted molar refractivity (Wildman–Crippen MR) is 63.6 cm³/mol. The molecule has 0 aliphatic rings. The lowest BCUT2D eigenvalue weighted by molar-refractivity contribution is 0.736. The summed E-state index contributed by atoms with van der Waals surface area (Å²) in [6.07, 6.45) is 0. The van der Waals surface area contributed by atoms with Crippen molar-refractivity contribution < 1.29 is 0 Å². The molecule has 2 aromatic heterocycles. The van der Waals surface area contributed by atoms with Crippen LogP contribution in [0.1, 0.15) is 16.1 Å². The van der Waals surface area contributed by atoms with Crippen LogP contribution in [0.25, 0.3) is 0 Å². The number of nitrogens with zero attached hydrogens (tertiary/aromatic N) is 2. The minimum atomic E-state index is -0.212. The Morgan fingerprint density at radius 3 is 2.88 bits per heavy atom. The van der Waals surface area contributed by atoms with E-state index in [1.54, 1.807) is 28.0 Å². The predicted octanol–water partition coefficient (Wildman–Crippen LogP) is 2.14. The summed E-state index contributed by atoms with van der Waals surface area (Å²) in [5.74, 6) is 0. The maximum absolute atomic E-state index is 11.9. The van der Waals surface area contributed by atoms with Gasteiger partial charge in [0.2, 0.25) is 0 Å². The van der Waals surface area contributed by atoms with Gasteiger partial charge in [-0.15, -0.1) is 11.3 Å². The van der Waals surface area contributed by atoms with E-state index in [2.05, 4.69) is 0 Å². The van der Waals surface area contributed by atoms with Crippen molar-refractivity contribution in [2.75, 3.05) is 0 Å². The van der Waals surface area contributed by atoms with Crippen molar-refractivity contribution in [3.8, 4) is 6.07 Å². The van der Waals surface area contributed by atoms with Crippen LogP contribution in [0.4, 0.5) is 0 Å². The van der Waals surface area contributed by atoms with E-state index in [9.17, 15) is 4.79 Å². The molecule has 0 aromatic carbocycles. The fourth-order valence-electron chi connectivity index (χ4n) is 1.51. The molecule has 0 aliphatic heterocycles. The van der Waals surface area contributed by atoms with Crippen LogP contribution >= 0.6 is 11.3 Å². The third-order valence-electron chi connectivity index (χ3n) is 2.41. The first-order valence-corrected chi connectivity index (χ1v) is 5.73.